The van der Waals surface area contributed by atoms with Gasteiger partial charge in [0.2, 0.25) is 0 Å². The summed E-state index contributed by atoms with van der Waals surface area (Å²) in [6, 6.07) is 6.16. The van der Waals surface area contributed by atoms with Crippen molar-refractivity contribution in [2.45, 2.75) is 12.8 Å². The van der Waals surface area contributed by atoms with E-state index < -0.39 is 17.9 Å². The van der Waals surface area contributed by atoms with Crippen LogP contribution in [0.5, 0.6) is 0 Å². The highest BCUT2D eigenvalue weighted by Crippen LogP contribution is 2.20. The number of amides is 2. The number of benzene rings is 1. The zero-order valence-electron chi connectivity index (χ0n) is 9.47. The Balaban J connectivity index is 2.83. The van der Waals surface area contributed by atoms with Crippen LogP contribution in [0.25, 0.3) is 0 Å². The van der Waals surface area contributed by atoms with E-state index in [4.69, 9.17) is 16.2 Å². The normalized spacial score (nSPS) is 11.6. The number of esters is 1. The number of carbonyl (C=O) groups is 2. The highest BCUT2D eigenvalue weighted by molar-refractivity contribution is 5.88. The maximum absolute atomic E-state index is 11.5. The van der Waals surface area contributed by atoms with Gasteiger partial charge >= 0.3 is 12.0 Å². The van der Waals surface area contributed by atoms with Crippen molar-refractivity contribution < 1.29 is 14.3 Å². The summed E-state index contributed by atoms with van der Waals surface area (Å²) in [6.45, 7) is 1.55. The molecule has 5 N–H and O–H groups in total. The molecule has 92 valence electrons. The van der Waals surface area contributed by atoms with Crippen molar-refractivity contribution in [3.05, 3.63) is 29.8 Å². The molecule has 1 atom stereocenters. The molecule has 6 heteroatoms. The molecule has 0 heterocycles. The topological polar surface area (TPSA) is 107 Å². The van der Waals surface area contributed by atoms with E-state index in [9.17, 15) is 9.59 Å². The molecule has 0 fully saturated rings. The number of nitrogens with one attached hydrogen (secondary N) is 1. The number of ether oxygens (including phenoxy) is 1. The summed E-state index contributed by atoms with van der Waals surface area (Å²) in [7, 11) is 0. The second-order valence-corrected chi connectivity index (χ2v) is 3.47. The van der Waals surface area contributed by atoms with E-state index >= 15 is 0 Å². The monoisotopic (exact) mass is 237 g/mol. The smallest absolute Gasteiger partial charge is 0.316 e. The summed E-state index contributed by atoms with van der Waals surface area (Å²) in [6.07, 6.45) is 0. The SMILES string of the molecule is C[C@H](C(=O)OCN)c1cccc(NC(N)=O)c1. The summed E-state index contributed by atoms with van der Waals surface area (Å²) < 4.78 is 4.71. The van der Waals surface area contributed by atoms with E-state index in [0.717, 1.165) is 5.56 Å². The van der Waals surface area contributed by atoms with Gasteiger partial charge in [0.15, 0.2) is 0 Å². The maximum Gasteiger partial charge on any atom is 0.316 e. The summed E-state index contributed by atoms with van der Waals surface area (Å²) >= 11 is 0. The molecule has 0 aromatic heterocycles. The molecule has 0 aliphatic carbocycles. The third-order valence-corrected chi connectivity index (χ3v) is 2.23. The molecule has 6 nitrogen and oxygen atoms in total. The first-order valence-corrected chi connectivity index (χ1v) is 5.07. The number of anilines is 1. The fourth-order valence-electron chi connectivity index (χ4n) is 1.37. The van der Waals surface area contributed by atoms with Crippen LogP contribution in [0, 0.1) is 0 Å². The maximum atomic E-state index is 11.5. The third-order valence-electron chi connectivity index (χ3n) is 2.23. The minimum absolute atomic E-state index is 0.150. The molecule has 1 aromatic rings. The number of urea groups is 1. The summed E-state index contributed by atoms with van der Waals surface area (Å²) in [4.78, 5) is 22.2. The van der Waals surface area contributed by atoms with Crippen molar-refractivity contribution in [3.63, 3.8) is 0 Å². The van der Waals surface area contributed by atoms with E-state index in [2.05, 4.69) is 5.32 Å². The number of carbonyl (C=O) groups excluding carboxylic acids is 2. The molecule has 0 unspecified atom stereocenters. The number of nitrogens with two attached hydrogens (primary N) is 2. The Morgan fingerprint density at radius 3 is 2.76 bits per heavy atom. The van der Waals surface area contributed by atoms with Crippen molar-refractivity contribution >= 4 is 17.7 Å². The fourth-order valence-corrected chi connectivity index (χ4v) is 1.37. The molecule has 17 heavy (non-hydrogen) atoms. The van der Waals surface area contributed by atoms with Crippen LogP contribution in [-0.2, 0) is 9.53 Å². The van der Waals surface area contributed by atoms with Crippen LogP contribution in [0.1, 0.15) is 18.4 Å². The zero-order valence-corrected chi connectivity index (χ0v) is 9.47. The number of hydrogen-bond donors (Lipinski definition) is 3. The Bertz CT molecular complexity index is 420. The minimum Gasteiger partial charge on any atom is -0.450 e. The molecule has 0 aliphatic heterocycles. The third kappa shape index (κ3) is 3.76. The van der Waals surface area contributed by atoms with Crippen molar-refractivity contribution in [2.24, 2.45) is 11.5 Å². The Morgan fingerprint density at radius 2 is 2.18 bits per heavy atom. The Kier molecular flexibility index (Phi) is 4.47. The summed E-state index contributed by atoms with van der Waals surface area (Å²) in [5, 5.41) is 2.43. The highest BCUT2D eigenvalue weighted by Gasteiger charge is 2.16. The van der Waals surface area contributed by atoms with Gasteiger partial charge in [0.05, 0.1) is 5.92 Å². The second kappa shape index (κ2) is 5.86. The van der Waals surface area contributed by atoms with Crippen molar-refractivity contribution in [1.29, 1.82) is 0 Å². The fraction of sp³-hybridized carbons (Fsp3) is 0.273. The lowest BCUT2D eigenvalue weighted by molar-refractivity contribution is -0.144. The van der Waals surface area contributed by atoms with Crippen LogP contribution in [0.2, 0.25) is 0 Å². The van der Waals surface area contributed by atoms with Crippen LogP contribution in [-0.4, -0.2) is 18.7 Å². The molecule has 0 bridgehead atoms. The van der Waals surface area contributed by atoms with Gasteiger partial charge in [0.1, 0.15) is 6.73 Å². The van der Waals surface area contributed by atoms with Gasteiger partial charge in [-0.05, 0) is 24.6 Å². The van der Waals surface area contributed by atoms with Crippen LogP contribution < -0.4 is 16.8 Å². The van der Waals surface area contributed by atoms with Crippen LogP contribution in [0.3, 0.4) is 0 Å². The quantitative estimate of drug-likeness (QED) is 0.530. The molecule has 0 saturated carbocycles. The van der Waals surface area contributed by atoms with Crippen molar-refractivity contribution in [2.75, 3.05) is 12.0 Å². The van der Waals surface area contributed by atoms with E-state index in [-0.39, 0.29) is 6.73 Å². The first kappa shape index (κ1) is 13.0. The van der Waals surface area contributed by atoms with Gasteiger partial charge < -0.3 is 15.8 Å². The van der Waals surface area contributed by atoms with Gasteiger partial charge in [-0.2, -0.15) is 0 Å². The molecule has 0 saturated heterocycles. The largest absolute Gasteiger partial charge is 0.450 e. The van der Waals surface area contributed by atoms with Gasteiger partial charge in [0.25, 0.3) is 0 Å². The summed E-state index contributed by atoms with van der Waals surface area (Å²) in [5.74, 6) is -0.864. The molecular formula is C11H15N3O3. The highest BCUT2D eigenvalue weighted by atomic mass is 16.5. The number of hydrogen-bond acceptors (Lipinski definition) is 4. The molecule has 1 rings (SSSR count). The van der Waals surface area contributed by atoms with Gasteiger partial charge in [0, 0.05) is 5.69 Å². The predicted octanol–water partition coefficient (Wildman–Crippen LogP) is 0.740. The molecule has 0 radical (unpaired) electrons. The average molecular weight is 237 g/mol. The molecular weight excluding hydrogens is 222 g/mol. The van der Waals surface area contributed by atoms with E-state index in [1.54, 1.807) is 31.2 Å². The number of primary amides is 1. The van der Waals surface area contributed by atoms with Crippen LogP contribution in [0.4, 0.5) is 10.5 Å². The van der Waals surface area contributed by atoms with Gasteiger partial charge in [-0.25, -0.2) is 4.79 Å². The Morgan fingerprint density at radius 1 is 1.47 bits per heavy atom. The Hall–Kier alpha value is -2.08. The van der Waals surface area contributed by atoms with Gasteiger partial charge in [-0.1, -0.05) is 12.1 Å². The van der Waals surface area contributed by atoms with Crippen LogP contribution in [0.15, 0.2) is 24.3 Å². The van der Waals surface area contributed by atoms with Crippen LogP contribution >= 0.6 is 0 Å². The van der Waals surface area contributed by atoms with E-state index in [0.29, 0.717) is 5.69 Å². The Labute approximate surface area is 98.9 Å². The lowest BCUT2D eigenvalue weighted by Gasteiger charge is -2.11. The minimum atomic E-state index is -0.653. The standard InChI is InChI=1S/C11H15N3O3/c1-7(10(15)17-6-12)8-3-2-4-9(5-8)14-11(13)16/h2-5,7H,6,12H2,1H3,(H3,13,14,16)/t7-/m0/s1. The van der Waals surface area contributed by atoms with Gasteiger partial charge in [-0.15, -0.1) is 0 Å². The lowest BCUT2D eigenvalue weighted by atomic mass is 10.0. The number of rotatable bonds is 4. The van der Waals surface area contributed by atoms with E-state index in [1.165, 1.54) is 0 Å². The first-order valence-electron chi connectivity index (χ1n) is 5.07. The zero-order chi connectivity index (χ0) is 12.8. The predicted molar refractivity (Wildman–Crippen MR) is 63.2 cm³/mol. The lowest BCUT2D eigenvalue weighted by Crippen LogP contribution is -2.20. The molecule has 2 amide bonds. The first-order chi connectivity index (χ1) is 8.04. The van der Waals surface area contributed by atoms with Gasteiger partial charge in [-0.3, -0.25) is 10.5 Å². The molecule has 0 aliphatic rings. The molecule has 0 spiro atoms. The summed E-state index contributed by atoms with van der Waals surface area (Å²) in [5.41, 5.74) is 11.4. The average Bonchev–Trinajstić information content (AvgIpc) is 2.28. The van der Waals surface area contributed by atoms with Crippen molar-refractivity contribution in [3.8, 4) is 0 Å². The molecule has 1 aromatic carbocycles. The van der Waals surface area contributed by atoms with Crippen molar-refractivity contribution in [1.82, 2.24) is 0 Å². The van der Waals surface area contributed by atoms with E-state index in [1.807, 2.05) is 0 Å². The second-order valence-electron chi connectivity index (χ2n) is 3.47.